The maximum absolute atomic E-state index is 12.5. The second-order valence-corrected chi connectivity index (χ2v) is 6.44. The number of nitrogens with zero attached hydrogens (tertiary/aromatic N) is 1. The van der Waals surface area contributed by atoms with Gasteiger partial charge in [0.25, 0.3) is 0 Å². The minimum absolute atomic E-state index is 0.356. The minimum atomic E-state index is 0.356. The number of hydrogen-bond acceptors (Lipinski definition) is 2. The smallest absolute Gasteiger partial charge is 0.222 e. The van der Waals surface area contributed by atoms with Gasteiger partial charge in [0.1, 0.15) is 0 Å². The molecule has 0 bridgehead atoms. The van der Waals surface area contributed by atoms with Gasteiger partial charge in [-0.3, -0.25) is 4.79 Å². The normalized spacial score (nSPS) is 17.5. The second-order valence-electron chi connectivity index (χ2n) is 6.44. The predicted molar refractivity (Wildman–Crippen MR) is 80.9 cm³/mol. The summed E-state index contributed by atoms with van der Waals surface area (Å²) in [6.07, 6.45) is 9.51. The number of carbonyl (C=O) groups excluding carboxylic acids is 1. The molecular weight excluding hydrogens is 236 g/mol. The molecule has 0 aromatic heterocycles. The fourth-order valence-corrected chi connectivity index (χ4v) is 2.98. The standard InChI is InChI=1S/C16H32N2O/c1-14(2)13-18(11-7-10-17)16(19)12-15-8-5-3-4-6-9-15/h14-15H,3-13,17H2,1-2H3. The Bertz CT molecular complexity index is 245. The van der Waals surface area contributed by atoms with Crippen LogP contribution < -0.4 is 5.73 Å². The summed E-state index contributed by atoms with van der Waals surface area (Å²) >= 11 is 0. The lowest BCUT2D eigenvalue weighted by Gasteiger charge is -2.26. The molecule has 0 atom stereocenters. The molecule has 0 aromatic rings. The number of hydrogen-bond donors (Lipinski definition) is 1. The summed E-state index contributed by atoms with van der Waals surface area (Å²) in [5, 5.41) is 0. The molecule has 1 amide bonds. The van der Waals surface area contributed by atoms with E-state index in [0.717, 1.165) is 25.9 Å². The topological polar surface area (TPSA) is 46.3 Å². The van der Waals surface area contributed by atoms with Crippen molar-refractivity contribution in [2.45, 2.75) is 65.2 Å². The molecule has 112 valence electrons. The first-order valence-electron chi connectivity index (χ1n) is 8.11. The van der Waals surface area contributed by atoms with Crippen LogP contribution in [0, 0.1) is 11.8 Å². The van der Waals surface area contributed by atoms with Crippen LogP contribution in [0.1, 0.15) is 65.2 Å². The van der Waals surface area contributed by atoms with Gasteiger partial charge in [0.15, 0.2) is 0 Å². The molecule has 19 heavy (non-hydrogen) atoms. The van der Waals surface area contributed by atoms with Gasteiger partial charge in [0.2, 0.25) is 5.91 Å². The molecule has 0 heterocycles. The highest BCUT2D eigenvalue weighted by molar-refractivity contribution is 5.76. The molecule has 0 saturated heterocycles. The van der Waals surface area contributed by atoms with Crippen molar-refractivity contribution in [3.8, 4) is 0 Å². The van der Waals surface area contributed by atoms with E-state index in [1.807, 2.05) is 4.90 Å². The fraction of sp³-hybridized carbons (Fsp3) is 0.938. The molecule has 0 aromatic carbocycles. The van der Waals surface area contributed by atoms with Gasteiger partial charge in [0, 0.05) is 19.5 Å². The van der Waals surface area contributed by atoms with Crippen molar-refractivity contribution in [3.05, 3.63) is 0 Å². The molecule has 2 N–H and O–H groups in total. The van der Waals surface area contributed by atoms with Crippen molar-refractivity contribution in [1.82, 2.24) is 4.90 Å². The molecule has 0 spiro atoms. The van der Waals surface area contributed by atoms with E-state index in [0.29, 0.717) is 24.3 Å². The van der Waals surface area contributed by atoms with Gasteiger partial charge < -0.3 is 10.6 Å². The highest BCUT2D eigenvalue weighted by atomic mass is 16.2. The Labute approximate surface area is 118 Å². The van der Waals surface area contributed by atoms with Crippen molar-refractivity contribution in [1.29, 1.82) is 0 Å². The number of amides is 1. The quantitative estimate of drug-likeness (QED) is 0.721. The van der Waals surface area contributed by atoms with Crippen molar-refractivity contribution in [3.63, 3.8) is 0 Å². The number of rotatable bonds is 7. The Hall–Kier alpha value is -0.570. The molecule has 0 aliphatic heterocycles. The first-order valence-corrected chi connectivity index (χ1v) is 8.11. The average molecular weight is 268 g/mol. The summed E-state index contributed by atoms with van der Waals surface area (Å²) in [7, 11) is 0. The van der Waals surface area contributed by atoms with E-state index >= 15 is 0 Å². The molecule has 1 aliphatic rings. The Morgan fingerprint density at radius 1 is 1.21 bits per heavy atom. The van der Waals surface area contributed by atoms with E-state index < -0.39 is 0 Å². The second kappa shape index (κ2) is 9.35. The molecule has 0 unspecified atom stereocenters. The molecule has 1 fully saturated rings. The maximum Gasteiger partial charge on any atom is 0.222 e. The predicted octanol–water partition coefficient (Wildman–Crippen LogP) is 3.18. The van der Waals surface area contributed by atoms with Crippen LogP contribution in [-0.4, -0.2) is 30.4 Å². The van der Waals surface area contributed by atoms with E-state index in [4.69, 9.17) is 5.73 Å². The van der Waals surface area contributed by atoms with E-state index in [2.05, 4.69) is 13.8 Å². The molecule has 1 saturated carbocycles. The third-order valence-corrected chi connectivity index (χ3v) is 4.01. The summed E-state index contributed by atoms with van der Waals surface area (Å²) < 4.78 is 0. The van der Waals surface area contributed by atoms with Gasteiger partial charge in [0.05, 0.1) is 0 Å². The van der Waals surface area contributed by atoms with Crippen LogP contribution in [0.5, 0.6) is 0 Å². The van der Waals surface area contributed by atoms with Crippen LogP contribution in [0.25, 0.3) is 0 Å². The van der Waals surface area contributed by atoms with Crippen molar-refractivity contribution in [2.75, 3.05) is 19.6 Å². The van der Waals surface area contributed by atoms with Crippen LogP contribution in [-0.2, 0) is 4.79 Å². The first-order chi connectivity index (χ1) is 9.13. The molecular formula is C16H32N2O. The van der Waals surface area contributed by atoms with Gasteiger partial charge in [-0.15, -0.1) is 0 Å². The van der Waals surface area contributed by atoms with E-state index in [9.17, 15) is 4.79 Å². The molecule has 1 rings (SSSR count). The Balaban J connectivity index is 2.44. The summed E-state index contributed by atoms with van der Waals surface area (Å²) in [5.41, 5.74) is 5.57. The number of carbonyl (C=O) groups is 1. The van der Waals surface area contributed by atoms with Crippen LogP contribution in [0.4, 0.5) is 0 Å². The van der Waals surface area contributed by atoms with Crippen LogP contribution >= 0.6 is 0 Å². The SMILES string of the molecule is CC(C)CN(CCCN)C(=O)CC1CCCCCC1. The van der Waals surface area contributed by atoms with Gasteiger partial charge in [-0.05, 0) is 37.6 Å². The molecule has 3 nitrogen and oxygen atoms in total. The van der Waals surface area contributed by atoms with Gasteiger partial charge >= 0.3 is 0 Å². The third-order valence-electron chi connectivity index (χ3n) is 4.01. The molecule has 1 aliphatic carbocycles. The largest absolute Gasteiger partial charge is 0.342 e. The fourth-order valence-electron chi connectivity index (χ4n) is 2.98. The third kappa shape index (κ3) is 6.95. The maximum atomic E-state index is 12.5. The summed E-state index contributed by atoms with van der Waals surface area (Å²) in [4.78, 5) is 14.5. The van der Waals surface area contributed by atoms with Crippen molar-refractivity contribution >= 4 is 5.91 Å². The Morgan fingerprint density at radius 3 is 2.37 bits per heavy atom. The van der Waals surface area contributed by atoms with Crippen LogP contribution in [0.3, 0.4) is 0 Å². The zero-order valence-corrected chi connectivity index (χ0v) is 12.9. The van der Waals surface area contributed by atoms with Gasteiger partial charge in [-0.2, -0.15) is 0 Å². The zero-order chi connectivity index (χ0) is 14.1. The first kappa shape index (κ1) is 16.5. The minimum Gasteiger partial charge on any atom is -0.342 e. The highest BCUT2D eigenvalue weighted by Crippen LogP contribution is 2.26. The summed E-state index contributed by atoms with van der Waals surface area (Å²) in [6, 6.07) is 0. The highest BCUT2D eigenvalue weighted by Gasteiger charge is 2.20. The molecule has 3 heteroatoms. The Morgan fingerprint density at radius 2 is 1.84 bits per heavy atom. The summed E-state index contributed by atoms with van der Waals surface area (Å²) in [6.45, 7) is 6.74. The van der Waals surface area contributed by atoms with Crippen molar-refractivity contribution < 1.29 is 4.79 Å². The van der Waals surface area contributed by atoms with Crippen LogP contribution in [0.2, 0.25) is 0 Å². The van der Waals surface area contributed by atoms with E-state index in [1.54, 1.807) is 0 Å². The molecule has 0 radical (unpaired) electrons. The van der Waals surface area contributed by atoms with Crippen molar-refractivity contribution in [2.24, 2.45) is 17.6 Å². The average Bonchev–Trinajstić information content (AvgIpc) is 2.62. The lowest BCUT2D eigenvalue weighted by atomic mass is 9.96. The monoisotopic (exact) mass is 268 g/mol. The van der Waals surface area contributed by atoms with E-state index in [1.165, 1.54) is 38.5 Å². The van der Waals surface area contributed by atoms with Crippen LogP contribution in [0.15, 0.2) is 0 Å². The van der Waals surface area contributed by atoms with Gasteiger partial charge in [-0.1, -0.05) is 39.5 Å². The lowest BCUT2D eigenvalue weighted by molar-refractivity contribution is -0.132. The summed E-state index contributed by atoms with van der Waals surface area (Å²) in [5.74, 6) is 1.52. The Kier molecular flexibility index (Phi) is 8.11. The van der Waals surface area contributed by atoms with Gasteiger partial charge in [-0.25, -0.2) is 0 Å². The lowest BCUT2D eigenvalue weighted by Crippen LogP contribution is -2.36. The number of nitrogens with two attached hydrogens (primary N) is 1. The zero-order valence-electron chi connectivity index (χ0n) is 12.9. The van der Waals surface area contributed by atoms with E-state index in [-0.39, 0.29) is 0 Å².